The molecule has 0 aliphatic carbocycles. The van der Waals surface area contributed by atoms with Crippen LogP contribution in [0.3, 0.4) is 0 Å². The number of aliphatic hydroxyl groups excluding tert-OH is 1. The first-order chi connectivity index (χ1) is 9.45. The maximum absolute atomic E-state index is 12.8. The molecular formula is C11H12F3N5O. The van der Waals surface area contributed by atoms with Crippen molar-refractivity contribution in [3.63, 3.8) is 0 Å². The van der Waals surface area contributed by atoms with Crippen LogP contribution in [-0.2, 0) is 6.18 Å². The molecule has 3 heterocycles. The zero-order valence-corrected chi connectivity index (χ0v) is 10.4. The number of rotatable bonds is 1. The predicted molar refractivity (Wildman–Crippen MR) is 63.2 cm³/mol. The van der Waals surface area contributed by atoms with Crippen LogP contribution in [0, 0.1) is 0 Å². The van der Waals surface area contributed by atoms with Crippen LogP contribution >= 0.6 is 0 Å². The molecule has 0 bridgehead atoms. The number of aliphatic hydroxyl groups is 1. The van der Waals surface area contributed by atoms with E-state index in [2.05, 4.69) is 15.3 Å². The van der Waals surface area contributed by atoms with Gasteiger partial charge in [-0.05, 0) is 25.0 Å². The van der Waals surface area contributed by atoms with Gasteiger partial charge in [0, 0.05) is 13.1 Å². The first-order valence-corrected chi connectivity index (χ1v) is 6.18. The predicted octanol–water partition coefficient (Wildman–Crippen LogP) is 1.10. The fourth-order valence-corrected chi connectivity index (χ4v) is 2.29. The highest BCUT2D eigenvalue weighted by Gasteiger charge is 2.37. The van der Waals surface area contributed by atoms with Crippen molar-refractivity contribution in [2.75, 3.05) is 18.0 Å². The highest BCUT2D eigenvalue weighted by molar-refractivity contribution is 5.46. The third kappa shape index (κ3) is 2.28. The second-order valence-corrected chi connectivity index (χ2v) is 4.72. The molecule has 1 atom stereocenters. The Morgan fingerprint density at radius 2 is 2.05 bits per heavy atom. The molecule has 0 amide bonds. The van der Waals surface area contributed by atoms with Crippen molar-refractivity contribution in [1.82, 2.24) is 19.8 Å². The van der Waals surface area contributed by atoms with E-state index in [-0.39, 0.29) is 5.65 Å². The Morgan fingerprint density at radius 3 is 2.75 bits per heavy atom. The van der Waals surface area contributed by atoms with Crippen LogP contribution in [0.15, 0.2) is 12.1 Å². The summed E-state index contributed by atoms with van der Waals surface area (Å²) in [4.78, 5) is 1.76. The SMILES string of the molecule is O[C@@H]1CCCN(c2ccc3nnc(C(F)(F)F)n3n2)C1. The van der Waals surface area contributed by atoms with E-state index in [0.29, 0.717) is 29.8 Å². The topological polar surface area (TPSA) is 66.5 Å². The largest absolute Gasteiger partial charge is 0.453 e. The standard InChI is InChI=1S/C11H12F3N5O/c12-11(13,14)10-16-15-8-3-4-9(17-19(8)10)18-5-1-2-7(20)6-18/h3-4,7,20H,1-2,5-6H2/t7-/m1/s1. The molecular weight excluding hydrogens is 275 g/mol. The van der Waals surface area contributed by atoms with Gasteiger partial charge in [0.15, 0.2) is 5.65 Å². The summed E-state index contributed by atoms with van der Waals surface area (Å²) < 4.78 is 39.0. The summed E-state index contributed by atoms with van der Waals surface area (Å²) in [7, 11) is 0. The number of aromatic nitrogens is 4. The summed E-state index contributed by atoms with van der Waals surface area (Å²) in [6.07, 6.45) is -3.62. The number of alkyl halides is 3. The Hall–Kier alpha value is -1.90. The van der Waals surface area contributed by atoms with E-state index in [1.807, 2.05) is 0 Å². The van der Waals surface area contributed by atoms with Gasteiger partial charge in [0.1, 0.15) is 5.82 Å². The molecule has 2 aromatic heterocycles. The number of halogens is 3. The van der Waals surface area contributed by atoms with Gasteiger partial charge in [0.2, 0.25) is 0 Å². The molecule has 1 N–H and O–H groups in total. The Bertz CT molecular complexity index is 626. The third-order valence-corrected chi connectivity index (χ3v) is 3.22. The highest BCUT2D eigenvalue weighted by Crippen LogP contribution is 2.28. The summed E-state index contributed by atoms with van der Waals surface area (Å²) in [5.41, 5.74) is 0.0404. The lowest BCUT2D eigenvalue weighted by Crippen LogP contribution is -2.39. The summed E-state index contributed by atoms with van der Waals surface area (Å²) in [5.74, 6) is -0.770. The van der Waals surface area contributed by atoms with Crippen molar-refractivity contribution in [1.29, 1.82) is 0 Å². The third-order valence-electron chi connectivity index (χ3n) is 3.22. The van der Waals surface area contributed by atoms with E-state index in [0.717, 1.165) is 6.42 Å². The lowest BCUT2D eigenvalue weighted by Gasteiger charge is -2.30. The quantitative estimate of drug-likeness (QED) is 0.851. The number of hydrogen-bond donors (Lipinski definition) is 1. The Labute approximate surface area is 111 Å². The smallest absolute Gasteiger partial charge is 0.391 e. The number of piperidine rings is 1. The van der Waals surface area contributed by atoms with Gasteiger partial charge in [-0.1, -0.05) is 0 Å². The molecule has 108 valence electrons. The van der Waals surface area contributed by atoms with E-state index in [9.17, 15) is 18.3 Å². The second kappa shape index (κ2) is 4.58. The summed E-state index contributed by atoms with van der Waals surface area (Å²) in [6, 6.07) is 3.02. The molecule has 0 aromatic carbocycles. The van der Waals surface area contributed by atoms with Crippen LogP contribution < -0.4 is 4.90 Å². The van der Waals surface area contributed by atoms with E-state index < -0.39 is 18.1 Å². The average Bonchev–Trinajstić information content (AvgIpc) is 2.81. The van der Waals surface area contributed by atoms with Gasteiger partial charge in [-0.2, -0.15) is 17.7 Å². The van der Waals surface area contributed by atoms with Gasteiger partial charge in [-0.15, -0.1) is 15.3 Å². The van der Waals surface area contributed by atoms with Crippen LogP contribution in [0.2, 0.25) is 0 Å². The molecule has 20 heavy (non-hydrogen) atoms. The lowest BCUT2D eigenvalue weighted by atomic mass is 10.1. The van der Waals surface area contributed by atoms with Gasteiger partial charge >= 0.3 is 6.18 Å². The zero-order chi connectivity index (χ0) is 14.3. The van der Waals surface area contributed by atoms with E-state index in [1.165, 1.54) is 6.07 Å². The molecule has 1 fully saturated rings. The number of hydrogen-bond acceptors (Lipinski definition) is 5. The first kappa shape index (κ1) is 13.1. The number of anilines is 1. The Morgan fingerprint density at radius 1 is 1.25 bits per heavy atom. The van der Waals surface area contributed by atoms with Crippen LogP contribution in [-0.4, -0.2) is 44.1 Å². The van der Waals surface area contributed by atoms with Crippen LogP contribution in [0.5, 0.6) is 0 Å². The van der Waals surface area contributed by atoms with E-state index >= 15 is 0 Å². The molecule has 6 nitrogen and oxygen atoms in total. The van der Waals surface area contributed by atoms with Crippen LogP contribution in [0.1, 0.15) is 18.7 Å². The minimum Gasteiger partial charge on any atom is -0.391 e. The minimum absolute atomic E-state index is 0.0404. The van der Waals surface area contributed by atoms with Crippen molar-refractivity contribution in [2.45, 2.75) is 25.1 Å². The second-order valence-electron chi connectivity index (χ2n) is 4.72. The van der Waals surface area contributed by atoms with Gasteiger partial charge in [-0.25, -0.2) is 0 Å². The average molecular weight is 287 g/mol. The zero-order valence-electron chi connectivity index (χ0n) is 10.4. The van der Waals surface area contributed by atoms with Crippen molar-refractivity contribution in [3.05, 3.63) is 18.0 Å². The van der Waals surface area contributed by atoms with Crippen LogP contribution in [0.25, 0.3) is 5.65 Å². The molecule has 1 aliphatic rings. The van der Waals surface area contributed by atoms with Gasteiger partial charge in [-0.3, -0.25) is 0 Å². The molecule has 0 saturated carbocycles. The molecule has 1 saturated heterocycles. The Kier molecular flexibility index (Phi) is 3.00. The van der Waals surface area contributed by atoms with Crippen molar-refractivity contribution in [2.24, 2.45) is 0 Å². The molecule has 9 heteroatoms. The summed E-state index contributed by atoms with van der Waals surface area (Å²) in [6.45, 7) is 1.01. The minimum atomic E-state index is -4.60. The monoisotopic (exact) mass is 287 g/mol. The first-order valence-electron chi connectivity index (χ1n) is 6.18. The fraction of sp³-hybridized carbons (Fsp3) is 0.545. The number of fused-ring (bicyclic) bond motifs is 1. The molecule has 3 rings (SSSR count). The number of β-amino-alcohol motifs (C(OH)–C–C–N with tert-alkyl or cyclic N) is 1. The molecule has 0 radical (unpaired) electrons. The Balaban J connectivity index is 2.01. The summed E-state index contributed by atoms with van der Waals surface area (Å²) in [5, 5.41) is 20.1. The van der Waals surface area contributed by atoms with Crippen molar-refractivity contribution >= 4 is 11.5 Å². The van der Waals surface area contributed by atoms with Gasteiger partial charge in [0.05, 0.1) is 6.10 Å². The molecule has 1 aliphatic heterocycles. The van der Waals surface area contributed by atoms with E-state index in [4.69, 9.17) is 0 Å². The molecule has 2 aromatic rings. The van der Waals surface area contributed by atoms with Gasteiger partial charge in [0.25, 0.3) is 5.82 Å². The molecule has 0 spiro atoms. The highest BCUT2D eigenvalue weighted by atomic mass is 19.4. The van der Waals surface area contributed by atoms with Crippen molar-refractivity contribution < 1.29 is 18.3 Å². The van der Waals surface area contributed by atoms with Gasteiger partial charge < -0.3 is 10.0 Å². The molecule has 0 unspecified atom stereocenters. The van der Waals surface area contributed by atoms with E-state index in [1.54, 1.807) is 11.0 Å². The fourth-order valence-electron chi connectivity index (χ4n) is 2.29. The normalized spacial score (nSPS) is 20.6. The lowest BCUT2D eigenvalue weighted by molar-refractivity contribution is -0.146. The number of nitrogens with zero attached hydrogens (tertiary/aromatic N) is 5. The van der Waals surface area contributed by atoms with Crippen molar-refractivity contribution in [3.8, 4) is 0 Å². The van der Waals surface area contributed by atoms with Crippen LogP contribution in [0.4, 0.5) is 19.0 Å². The summed E-state index contributed by atoms with van der Waals surface area (Å²) >= 11 is 0. The maximum atomic E-state index is 12.8. The maximum Gasteiger partial charge on any atom is 0.453 e.